The number of rotatable bonds is 9. The minimum Gasteiger partial charge on any atom is -0.495 e. The number of nitrogens with one attached hydrogen (secondary N) is 1. The Kier molecular flexibility index (Phi) is 7.43. The third-order valence-electron chi connectivity index (χ3n) is 5.42. The maximum atomic E-state index is 12.5. The van der Waals surface area contributed by atoms with E-state index >= 15 is 0 Å². The summed E-state index contributed by atoms with van der Waals surface area (Å²) in [4.78, 5) is 14.9. The molecule has 0 aliphatic carbocycles. The summed E-state index contributed by atoms with van der Waals surface area (Å²) in [7, 11) is -2.18. The van der Waals surface area contributed by atoms with Gasteiger partial charge in [0, 0.05) is 25.3 Å². The van der Waals surface area contributed by atoms with Gasteiger partial charge < -0.3 is 15.0 Å². The molecule has 0 bridgehead atoms. The molecule has 2 aromatic rings. The quantitative estimate of drug-likeness (QED) is 0.601. The number of nitrogens with zero attached hydrogens (tertiary/aromatic N) is 2. The Balaban J connectivity index is 1.57. The zero-order valence-corrected chi connectivity index (χ0v) is 19.2. The van der Waals surface area contributed by atoms with Crippen molar-refractivity contribution < 1.29 is 17.9 Å². The lowest BCUT2D eigenvalue weighted by Crippen LogP contribution is -2.41. The molecule has 8 heteroatoms. The summed E-state index contributed by atoms with van der Waals surface area (Å²) in [5.41, 5.74) is 3.89. The maximum absolute atomic E-state index is 12.5. The van der Waals surface area contributed by atoms with E-state index in [9.17, 15) is 13.2 Å². The predicted octanol–water partition coefficient (Wildman–Crippen LogP) is 2.73. The molecule has 2 aromatic carbocycles. The molecule has 0 fully saturated rings. The van der Waals surface area contributed by atoms with Gasteiger partial charge in [0.25, 0.3) is 0 Å². The van der Waals surface area contributed by atoms with Crippen LogP contribution in [0.2, 0.25) is 0 Å². The van der Waals surface area contributed by atoms with Gasteiger partial charge in [0.05, 0.1) is 19.1 Å². The number of aryl methyl sites for hydroxylation is 2. The molecular formula is C23H31N3O4S. The van der Waals surface area contributed by atoms with Crippen molar-refractivity contribution >= 4 is 27.3 Å². The van der Waals surface area contributed by atoms with Gasteiger partial charge in [0.2, 0.25) is 15.9 Å². The highest BCUT2D eigenvalue weighted by atomic mass is 32.2. The van der Waals surface area contributed by atoms with Gasteiger partial charge in [-0.1, -0.05) is 24.3 Å². The SMILES string of the molecule is COc1ccc(C)cc1N(CC(=O)NCCCN1CCCc2ccccc21)S(C)(=O)=O. The number of carbonyl (C=O) groups excluding carboxylic acids is 1. The van der Waals surface area contributed by atoms with E-state index in [1.165, 1.54) is 18.4 Å². The van der Waals surface area contributed by atoms with E-state index < -0.39 is 10.0 Å². The number of para-hydroxylation sites is 1. The summed E-state index contributed by atoms with van der Waals surface area (Å²) < 4.78 is 31.2. The van der Waals surface area contributed by atoms with Crippen LogP contribution < -0.4 is 19.3 Å². The molecule has 1 aliphatic rings. The van der Waals surface area contributed by atoms with Crippen molar-refractivity contribution in [3.05, 3.63) is 53.6 Å². The number of sulfonamides is 1. The molecule has 0 aromatic heterocycles. The van der Waals surface area contributed by atoms with E-state index in [1.807, 2.05) is 13.0 Å². The van der Waals surface area contributed by atoms with E-state index in [4.69, 9.17) is 4.74 Å². The highest BCUT2D eigenvalue weighted by Gasteiger charge is 2.24. The summed E-state index contributed by atoms with van der Waals surface area (Å²) >= 11 is 0. The van der Waals surface area contributed by atoms with Crippen LogP contribution in [-0.4, -0.2) is 53.9 Å². The molecule has 3 rings (SSSR count). The zero-order valence-electron chi connectivity index (χ0n) is 18.4. The Bertz CT molecular complexity index is 1020. The molecule has 0 radical (unpaired) electrons. The Hall–Kier alpha value is -2.74. The van der Waals surface area contributed by atoms with Crippen LogP contribution in [0.15, 0.2) is 42.5 Å². The van der Waals surface area contributed by atoms with E-state index in [0.29, 0.717) is 18.0 Å². The number of carbonyl (C=O) groups is 1. The molecule has 0 spiro atoms. The number of fused-ring (bicyclic) bond motifs is 1. The summed E-state index contributed by atoms with van der Waals surface area (Å²) in [5, 5.41) is 2.86. The normalized spacial score (nSPS) is 13.5. The van der Waals surface area contributed by atoms with Crippen molar-refractivity contribution in [3.63, 3.8) is 0 Å². The number of amides is 1. The average molecular weight is 446 g/mol. The summed E-state index contributed by atoms with van der Waals surface area (Å²) in [6, 6.07) is 13.7. The van der Waals surface area contributed by atoms with Gasteiger partial charge in [-0.2, -0.15) is 0 Å². The molecular weight excluding hydrogens is 414 g/mol. The van der Waals surface area contributed by atoms with Gasteiger partial charge >= 0.3 is 0 Å². The largest absolute Gasteiger partial charge is 0.495 e. The van der Waals surface area contributed by atoms with Gasteiger partial charge in [-0.3, -0.25) is 9.10 Å². The van der Waals surface area contributed by atoms with Gasteiger partial charge in [0.15, 0.2) is 0 Å². The monoisotopic (exact) mass is 445 g/mol. The smallest absolute Gasteiger partial charge is 0.240 e. The zero-order chi connectivity index (χ0) is 22.4. The van der Waals surface area contributed by atoms with Crippen LogP contribution in [0.1, 0.15) is 24.0 Å². The summed E-state index contributed by atoms with van der Waals surface area (Å²) in [6.07, 6.45) is 4.11. The Morgan fingerprint density at radius 3 is 2.74 bits per heavy atom. The van der Waals surface area contributed by atoms with Crippen LogP contribution in [0.25, 0.3) is 0 Å². The highest BCUT2D eigenvalue weighted by Crippen LogP contribution is 2.31. The lowest BCUT2D eigenvalue weighted by molar-refractivity contribution is -0.119. The summed E-state index contributed by atoms with van der Waals surface area (Å²) in [6.45, 7) is 3.92. The lowest BCUT2D eigenvalue weighted by Gasteiger charge is -2.31. The number of hydrogen-bond donors (Lipinski definition) is 1. The van der Waals surface area contributed by atoms with Crippen molar-refractivity contribution in [2.45, 2.75) is 26.2 Å². The van der Waals surface area contributed by atoms with E-state index in [2.05, 4.69) is 34.5 Å². The van der Waals surface area contributed by atoms with Crippen molar-refractivity contribution in [2.24, 2.45) is 0 Å². The number of anilines is 2. The standard InChI is InChI=1S/C23H31N3O4S/c1-18-11-12-22(30-2)21(16-18)26(31(3,28)29)17-23(27)24-13-7-15-25-14-6-9-19-8-4-5-10-20(19)25/h4-5,8,10-12,16H,6-7,9,13-15,17H2,1-3H3,(H,24,27). The van der Waals surface area contributed by atoms with E-state index in [-0.39, 0.29) is 12.5 Å². The molecule has 0 saturated carbocycles. The van der Waals surface area contributed by atoms with Crippen molar-refractivity contribution in [3.8, 4) is 5.75 Å². The molecule has 1 aliphatic heterocycles. The van der Waals surface area contributed by atoms with Gasteiger partial charge in [-0.05, 0) is 55.5 Å². The van der Waals surface area contributed by atoms with E-state index in [0.717, 1.165) is 48.5 Å². The molecule has 1 amide bonds. The minimum atomic E-state index is -3.66. The third kappa shape index (κ3) is 5.91. The average Bonchev–Trinajstić information content (AvgIpc) is 2.74. The first-order chi connectivity index (χ1) is 14.8. The predicted molar refractivity (Wildman–Crippen MR) is 125 cm³/mol. The van der Waals surface area contributed by atoms with Crippen molar-refractivity contribution in [1.82, 2.24) is 5.32 Å². The Morgan fingerprint density at radius 1 is 1.23 bits per heavy atom. The van der Waals surface area contributed by atoms with Crippen LogP contribution in [0.4, 0.5) is 11.4 Å². The number of methoxy groups -OCH3 is 1. The number of benzene rings is 2. The van der Waals surface area contributed by atoms with Gasteiger partial charge in [-0.25, -0.2) is 8.42 Å². The van der Waals surface area contributed by atoms with Crippen molar-refractivity contribution in [2.75, 3.05) is 48.7 Å². The van der Waals surface area contributed by atoms with Crippen LogP contribution in [0, 0.1) is 6.92 Å². The van der Waals surface area contributed by atoms with Crippen LogP contribution in [0.5, 0.6) is 5.75 Å². The molecule has 1 heterocycles. The third-order valence-corrected chi connectivity index (χ3v) is 6.55. The van der Waals surface area contributed by atoms with Gasteiger partial charge in [-0.15, -0.1) is 0 Å². The first-order valence-electron chi connectivity index (χ1n) is 10.5. The fourth-order valence-electron chi connectivity index (χ4n) is 3.90. The second-order valence-corrected chi connectivity index (χ2v) is 9.77. The summed E-state index contributed by atoms with van der Waals surface area (Å²) in [5.74, 6) is 0.0700. The highest BCUT2D eigenvalue weighted by molar-refractivity contribution is 7.92. The van der Waals surface area contributed by atoms with Crippen LogP contribution in [-0.2, 0) is 21.2 Å². The second-order valence-electron chi connectivity index (χ2n) is 7.87. The molecule has 7 nitrogen and oxygen atoms in total. The molecule has 0 atom stereocenters. The Morgan fingerprint density at radius 2 is 2.00 bits per heavy atom. The maximum Gasteiger partial charge on any atom is 0.240 e. The fourth-order valence-corrected chi connectivity index (χ4v) is 4.76. The molecule has 0 unspecified atom stereocenters. The topological polar surface area (TPSA) is 79.0 Å². The number of ether oxygens (including phenoxy) is 1. The minimum absolute atomic E-state index is 0.287. The van der Waals surface area contributed by atoms with Crippen molar-refractivity contribution in [1.29, 1.82) is 0 Å². The molecule has 1 N–H and O–H groups in total. The molecule has 168 valence electrons. The van der Waals surface area contributed by atoms with Crippen LogP contribution >= 0.6 is 0 Å². The van der Waals surface area contributed by atoms with Gasteiger partial charge in [0.1, 0.15) is 12.3 Å². The van der Waals surface area contributed by atoms with Crippen LogP contribution in [0.3, 0.4) is 0 Å². The first-order valence-corrected chi connectivity index (χ1v) is 12.4. The first kappa shape index (κ1) is 22.9. The fraction of sp³-hybridized carbons (Fsp3) is 0.435. The van der Waals surface area contributed by atoms with E-state index in [1.54, 1.807) is 12.1 Å². The number of hydrogen-bond acceptors (Lipinski definition) is 5. The second kappa shape index (κ2) is 10.0. The lowest BCUT2D eigenvalue weighted by atomic mass is 10.0. The molecule has 0 saturated heterocycles. The molecule has 31 heavy (non-hydrogen) atoms. The Labute approximate surface area is 185 Å².